The van der Waals surface area contributed by atoms with Gasteiger partial charge in [-0.3, -0.25) is 14.4 Å². The van der Waals surface area contributed by atoms with Gasteiger partial charge in [0.25, 0.3) is 5.91 Å². The van der Waals surface area contributed by atoms with Crippen molar-refractivity contribution < 1.29 is 23.9 Å². The maximum absolute atomic E-state index is 12.8. The SMILES string of the molecule is CC(NC(=O)c1cc2c(cc1Cl)NC(=O)C2)C1CCN(C(=O)[C@H](C)NC(=O)OC(C)(C)C)CC1. The van der Waals surface area contributed by atoms with Gasteiger partial charge in [0.05, 0.1) is 17.0 Å². The number of nitrogens with one attached hydrogen (secondary N) is 3. The number of nitrogens with zero attached hydrogens (tertiary/aromatic N) is 1. The highest BCUT2D eigenvalue weighted by molar-refractivity contribution is 6.34. The maximum Gasteiger partial charge on any atom is 0.408 e. The first-order valence-electron chi connectivity index (χ1n) is 11.6. The summed E-state index contributed by atoms with van der Waals surface area (Å²) in [6.07, 6.45) is 1.06. The number of benzene rings is 1. The highest BCUT2D eigenvalue weighted by atomic mass is 35.5. The zero-order valence-electron chi connectivity index (χ0n) is 20.3. The van der Waals surface area contributed by atoms with E-state index in [1.807, 2.05) is 6.92 Å². The number of alkyl carbamates (subject to hydrolysis) is 1. The molecule has 2 heterocycles. The van der Waals surface area contributed by atoms with Crippen molar-refractivity contribution in [2.24, 2.45) is 5.92 Å². The molecule has 10 heteroatoms. The van der Waals surface area contributed by atoms with Crippen molar-refractivity contribution in [2.75, 3.05) is 18.4 Å². The predicted octanol–water partition coefficient (Wildman–Crippen LogP) is 3.10. The number of carbonyl (C=O) groups is 4. The van der Waals surface area contributed by atoms with Gasteiger partial charge in [-0.1, -0.05) is 11.6 Å². The van der Waals surface area contributed by atoms with E-state index in [4.69, 9.17) is 16.3 Å². The monoisotopic (exact) mass is 492 g/mol. The summed E-state index contributed by atoms with van der Waals surface area (Å²) in [5.74, 6) is -0.366. The zero-order valence-corrected chi connectivity index (χ0v) is 21.0. The van der Waals surface area contributed by atoms with Gasteiger partial charge in [-0.15, -0.1) is 0 Å². The molecular formula is C24H33ClN4O5. The Labute approximate surface area is 204 Å². The number of amides is 4. The van der Waals surface area contributed by atoms with E-state index in [1.54, 1.807) is 44.7 Å². The molecule has 2 aliphatic rings. The number of halogens is 1. The predicted molar refractivity (Wildman–Crippen MR) is 129 cm³/mol. The molecule has 0 aromatic heterocycles. The van der Waals surface area contributed by atoms with Crippen LogP contribution in [-0.4, -0.2) is 59.5 Å². The first-order valence-corrected chi connectivity index (χ1v) is 11.9. The van der Waals surface area contributed by atoms with E-state index in [2.05, 4.69) is 16.0 Å². The van der Waals surface area contributed by atoms with Crippen LogP contribution in [0.1, 0.15) is 63.4 Å². The van der Waals surface area contributed by atoms with Crippen molar-refractivity contribution in [2.45, 2.75) is 71.6 Å². The molecule has 2 atom stereocenters. The summed E-state index contributed by atoms with van der Waals surface area (Å²) in [6, 6.07) is 2.47. The Bertz CT molecular complexity index is 982. The number of hydrogen-bond acceptors (Lipinski definition) is 5. The molecule has 3 N–H and O–H groups in total. The lowest BCUT2D eigenvalue weighted by Crippen LogP contribution is -2.51. The Kier molecular flexibility index (Phi) is 7.75. The Morgan fingerprint density at radius 3 is 2.41 bits per heavy atom. The molecule has 34 heavy (non-hydrogen) atoms. The topological polar surface area (TPSA) is 117 Å². The zero-order chi connectivity index (χ0) is 25.2. The van der Waals surface area contributed by atoms with E-state index in [0.29, 0.717) is 24.3 Å². The highest BCUT2D eigenvalue weighted by Crippen LogP contribution is 2.30. The lowest BCUT2D eigenvalue weighted by Gasteiger charge is -2.36. The van der Waals surface area contributed by atoms with Crippen LogP contribution in [-0.2, 0) is 20.7 Å². The first kappa shape index (κ1) is 25.8. The van der Waals surface area contributed by atoms with Crippen LogP contribution in [0.2, 0.25) is 5.02 Å². The minimum Gasteiger partial charge on any atom is -0.444 e. The van der Waals surface area contributed by atoms with Gasteiger partial charge < -0.3 is 25.6 Å². The molecule has 1 unspecified atom stereocenters. The molecule has 0 radical (unpaired) electrons. The Morgan fingerprint density at radius 2 is 1.79 bits per heavy atom. The second-order valence-corrected chi connectivity index (χ2v) is 10.4. The second-order valence-electron chi connectivity index (χ2n) is 10.0. The fraction of sp³-hybridized carbons (Fsp3) is 0.583. The number of ether oxygens (including phenoxy) is 1. The van der Waals surface area contributed by atoms with E-state index >= 15 is 0 Å². The molecule has 0 saturated carbocycles. The smallest absolute Gasteiger partial charge is 0.408 e. The minimum atomic E-state index is -0.688. The van der Waals surface area contributed by atoms with Gasteiger partial charge in [0.1, 0.15) is 11.6 Å². The van der Waals surface area contributed by atoms with Crippen LogP contribution in [0.4, 0.5) is 10.5 Å². The molecule has 1 fully saturated rings. The Balaban J connectivity index is 1.50. The lowest BCUT2D eigenvalue weighted by atomic mass is 9.90. The molecule has 1 aromatic rings. The number of piperidine rings is 1. The van der Waals surface area contributed by atoms with Gasteiger partial charge in [0, 0.05) is 24.8 Å². The highest BCUT2D eigenvalue weighted by Gasteiger charge is 2.31. The molecule has 2 aliphatic heterocycles. The van der Waals surface area contributed by atoms with Gasteiger partial charge in [-0.25, -0.2) is 4.79 Å². The summed E-state index contributed by atoms with van der Waals surface area (Å²) in [5.41, 5.74) is 1.11. The lowest BCUT2D eigenvalue weighted by molar-refractivity contribution is -0.134. The number of carbonyl (C=O) groups excluding carboxylic acids is 4. The van der Waals surface area contributed by atoms with Gasteiger partial charge in [-0.2, -0.15) is 0 Å². The summed E-state index contributed by atoms with van der Waals surface area (Å²) in [6.45, 7) is 9.96. The summed E-state index contributed by atoms with van der Waals surface area (Å²) < 4.78 is 5.22. The second kappa shape index (κ2) is 10.2. The molecule has 0 spiro atoms. The van der Waals surface area contributed by atoms with E-state index in [-0.39, 0.29) is 41.1 Å². The van der Waals surface area contributed by atoms with Gasteiger partial charge in [0.15, 0.2) is 0 Å². The summed E-state index contributed by atoms with van der Waals surface area (Å²) in [4.78, 5) is 50.8. The molecule has 1 aromatic carbocycles. The standard InChI is InChI=1S/C24H33ClN4O5/c1-13(26-21(31)17-10-16-11-20(30)28-19(16)12-18(17)25)15-6-8-29(9-7-15)22(32)14(2)27-23(33)34-24(3,4)5/h10,12-15H,6-9,11H2,1-5H3,(H,26,31)(H,27,33)(H,28,30)/t13?,14-/m0/s1. The van der Waals surface area contributed by atoms with Crippen LogP contribution in [0.15, 0.2) is 12.1 Å². The van der Waals surface area contributed by atoms with Crippen molar-refractivity contribution in [1.82, 2.24) is 15.5 Å². The third kappa shape index (κ3) is 6.40. The molecule has 0 aliphatic carbocycles. The van der Waals surface area contributed by atoms with Crippen molar-refractivity contribution >= 4 is 41.1 Å². The van der Waals surface area contributed by atoms with Crippen molar-refractivity contribution in [3.8, 4) is 0 Å². The van der Waals surface area contributed by atoms with Gasteiger partial charge >= 0.3 is 6.09 Å². The van der Waals surface area contributed by atoms with E-state index in [9.17, 15) is 19.2 Å². The Hall–Kier alpha value is -2.81. The Morgan fingerprint density at radius 1 is 1.15 bits per heavy atom. The van der Waals surface area contributed by atoms with Crippen LogP contribution < -0.4 is 16.0 Å². The maximum atomic E-state index is 12.8. The quantitative estimate of drug-likeness (QED) is 0.584. The van der Waals surface area contributed by atoms with Crippen LogP contribution in [0.3, 0.4) is 0 Å². The molecule has 186 valence electrons. The number of anilines is 1. The fourth-order valence-electron chi connectivity index (χ4n) is 4.26. The van der Waals surface area contributed by atoms with Crippen LogP contribution in [0, 0.1) is 5.92 Å². The van der Waals surface area contributed by atoms with Crippen molar-refractivity contribution in [3.05, 3.63) is 28.3 Å². The molecular weight excluding hydrogens is 460 g/mol. The molecule has 3 rings (SSSR count). The number of fused-ring (bicyclic) bond motifs is 1. The minimum absolute atomic E-state index is 0.117. The van der Waals surface area contributed by atoms with Crippen LogP contribution in [0.5, 0.6) is 0 Å². The molecule has 9 nitrogen and oxygen atoms in total. The fourth-order valence-corrected chi connectivity index (χ4v) is 4.51. The van der Waals surface area contributed by atoms with Gasteiger partial charge in [0.2, 0.25) is 11.8 Å². The van der Waals surface area contributed by atoms with Crippen molar-refractivity contribution in [1.29, 1.82) is 0 Å². The van der Waals surface area contributed by atoms with Gasteiger partial charge in [-0.05, 0) is 71.1 Å². The largest absolute Gasteiger partial charge is 0.444 e. The first-order chi connectivity index (χ1) is 15.8. The van der Waals surface area contributed by atoms with E-state index < -0.39 is 17.7 Å². The average Bonchev–Trinajstić information content (AvgIpc) is 3.09. The van der Waals surface area contributed by atoms with E-state index in [0.717, 1.165) is 18.4 Å². The molecule has 4 amide bonds. The average molecular weight is 493 g/mol. The summed E-state index contributed by atoms with van der Waals surface area (Å²) >= 11 is 6.28. The summed E-state index contributed by atoms with van der Waals surface area (Å²) in [7, 11) is 0. The number of hydrogen-bond donors (Lipinski definition) is 3. The summed E-state index contributed by atoms with van der Waals surface area (Å²) in [5, 5.41) is 8.62. The molecule has 1 saturated heterocycles. The van der Waals surface area contributed by atoms with E-state index in [1.165, 1.54) is 0 Å². The van der Waals surface area contributed by atoms with Crippen LogP contribution in [0.25, 0.3) is 0 Å². The third-order valence-electron chi connectivity index (χ3n) is 6.08. The van der Waals surface area contributed by atoms with Crippen LogP contribution >= 0.6 is 11.6 Å². The third-order valence-corrected chi connectivity index (χ3v) is 6.40. The van der Waals surface area contributed by atoms with Crippen molar-refractivity contribution in [3.63, 3.8) is 0 Å². The number of likely N-dealkylation sites (tertiary alicyclic amines) is 1. The molecule has 0 bridgehead atoms. The normalized spacial score (nSPS) is 17.9. The number of rotatable bonds is 5.